The van der Waals surface area contributed by atoms with E-state index < -0.39 is 0 Å². The number of carbonyl (C=O) groups is 1. The molecule has 0 aliphatic rings. The molecule has 1 nitrogen and oxygen atoms in total. The Kier molecular flexibility index (Phi) is 12.9. The molecule has 18 heavy (non-hydrogen) atoms. The first kappa shape index (κ1) is 17.7. The van der Waals surface area contributed by atoms with E-state index in [4.69, 9.17) is 0 Å². The van der Waals surface area contributed by atoms with Gasteiger partial charge in [-0.15, -0.1) is 0 Å². The first-order valence-corrected chi connectivity index (χ1v) is 8.12. The third-order valence-corrected chi connectivity index (χ3v) is 3.56. The molecule has 0 aromatic rings. The first-order valence-electron chi connectivity index (χ1n) is 8.12. The Labute approximate surface area is 115 Å². The van der Waals surface area contributed by atoms with Gasteiger partial charge in [-0.3, -0.25) is 0 Å². The Morgan fingerprint density at radius 2 is 1.11 bits per heavy atom. The van der Waals surface area contributed by atoms with Crippen molar-refractivity contribution in [2.75, 3.05) is 0 Å². The van der Waals surface area contributed by atoms with Crippen LogP contribution >= 0.6 is 0 Å². The zero-order valence-electron chi connectivity index (χ0n) is 13.0. The van der Waals surface area contributed by atoms with E-state index in [9.17, 15) is 4.79 Å². The molecule has 0 N–H and O–H groups in total. The quantitative estimate of drug-likeness (QED) is 0.373. The van der Waals surface area contributed by atoms with Crippen LogP contribution in [0.15, 0.2) is 0 Å². The fraction of sp³-hybridized carbons (Fsp3) is 0.941. The van der Waals surface area contributed by atoms with E-state index in [1.807, 2.05) is 0 Å². The van der Waals surface area contributed by atoms with Gasteiger partial charge in [-0.25, -0.2) is 0 Å². The van der Waals surface area contributed by atoms with Gasteiger partial charge in [-0.1, -0.05) is 78.1 Å². The molecule has 1 heteroatoms. The molecule has 108 valence electrons. The van der Waals surface area contributed by atoms with E-state index in [2.05, 4.69) is 13.8 Å². The molecule has 0 spiro atoms. The smallest absolute Gasteiger partial charge is 0.129 e. The van der Waals surface area contributed by atoms with Gasteiger partial charge in [-0.05, 0) is 19.3 Å². The number of rotatable bonds is 13. The van der Waals surface area contributed by atoms with Gasteiger partial charge in [0.1, 0.15) is 5.78 Å². The van der Waals surface area contributed by atoms with E-state index in [0.29, 0.717) is 5.78 Å². The molecule has 0 fully saturated rings. The van der Waals surface area contributed by atoms with Gasteiger partial charge in [-0.2, -0.15) is 0 Å². The number of hydrogen-bond donors (Lipinski definition) is 0. The lowest BCUT2D eigenvalue weighted by Gasteiger charge is -2.04. The van der Waals surface area contributed by atoms with E-state index in [-0.39, 0.29) is 0 Å². The first-order chi connectivity index (χ1) is 8.63. The van der Waals surface area contributed by atoms with Crippen molar-refractivity contribution in [2.24, 2.45) is 5.92 Å². The zero-order chi connectivity index (χ0) is 13.6. The van der Waals surface area contributed by atoms with Crippen LogP contribution in [0.1, 0.15) is 97.8 Å². The summed E-state index contributed by atoms with van der Waals surface area (Å²) in [5.41, 5.74) is 0. The minimum absolute atomic E-state index is 0.344. The maximum atomic E-state index is 10.7. The second-order valence-electron chi connectivity index (χ2n) is 6.17. The Balaban J connectivity index is 2.97. The lowest BCUT2D eigenvalue weighted by atomic mass is 10.0. The zero-order valence-corrected chi connectivity index (χ0v) is 13.0. The molecular formula is C17H34O. The molecule has 0 aliphatic heterocycles. The summed E-state index contributed by atoms with van der Waals surface area (Å²) >= 11 is 0. The third-order valence-electron chi connectivity index (χ3n) is 3.56. The summed E-state index contributed by atoms with van der Waals surface area (Å²) in [5.74, 6) is 1.22. The number of unbranched alkanes of at least 4 members (excludes halogenated alkanes) is 9. The average Bonchev–Trinajstić information content (AvgIpc) is 2.29. The van der Waals surface area contributed by atoms with Crippen molar-refractivity contribution in [3.63, 3.8) is 0 Å². The van der Waals surface area contributed by atoms with Crippen molar-refractivity contribution < 1.29 is 4.79 Å². The predicted molar refractivity (Wildman–Crippen MR) is 80.9 cm³/mol. The maximum Gasteiger partial charge on any atom is 0.129 e. The lowest BCUT2D eigenvalue weighted by molar-refractivity contribution is -0.117. The van der Waals surface area contributed by atoms with Crippen LogP contribution in [0.5, 0.6) is 0 Å². The van der Waals surface area contributed by atoms with Crippen LogP contribution < -0.4 is 0 Å². The van der Waals surface area contributed by atoms with Gasteiger partial charge in [0.25, 0.3) is 0 Å². The van der Waals surface area contributed by atoms with Gasteiger partial charge in [0.05, 0.1) is 0 Å². The minimum Gasteiger partial charge on any atom is -0.300 e. The minimum atomic E-state index is 0.344. The Morgan fingerprint density at radius 3 is 1.50 bits per heavy atom. The summed E-state index contributed by atoms with van der Waals surface area (Å²) in [6.07, 6.45) is 15.7. The summed E-state index contributed by atoms with van der Waals surface area (Å²) in [7, 11) is 0. The highest BCUT2D eigenvalue weighted by molar-refractivity contribution is 5.75. The fourth-order valence-corrected chi connectivity index (χ4v) is 2.34. The van der Waals surface area contributed by atoms with E-state index in [1.54, 1.807) is 6.92 Å². The van der Waals surface area contributed by atoms with E-state index in [0.717, 1.165) is 18.8 Å². The van der Waals surface area contributed by atoms with Crippen molar-refractivity contribution >= 4 is 5.78 Å². The standard InChI is InChI=1S/C17H34O/c1-16(2)14-12-10-8-6-4-5-7-9-11-13-15-17(3)18/h16H,4-15H2,1-3H3. The van der Waals surface area contributed by atoms with Crippen LogP contribution in [0, 0.1) is 5.92 Å². The second kappa shape index (κ2) is 13.1. The largest absolute Gasteiger partial charge is 0.300 e. The molecule has 0 radical (unpaired) electrons. The summed E-state index contributed by atoms with van der Waals surface area (Å²) < 4.78 is 0. The Hall–Kier alpha value is -0.330. The topological polar surface area (TPSA) is 17.1 Å². The molecule has 0 heterocycles. The molecule has 0 rings (SSSR count). The normalized spacial score (nSPS) is 11.1. The highest BCUT2D eigenvalue weighted by Crippen LogP contribution is 2.13. The molecule has 0 saturated heterocycles. The summed E-state index contributed by atoms with van der Waals surface area (Å²) in [4.78, 5) is 10.7. The van der Waals surface area contributed by atoms with Crippen molar-refractivity contribution in [1.29, 1.82) is 0 Å². The van der Waals surface area contributed by atoms with Crippen LogP contribution in [-0.4, -0.2) is 5.78 Å². The monoisotopic (exact) mass is 254 g/mol. The number of ketones is 1. The molecule has 0 unspecified atom stereocenters. The van der Waals surface area contributed by atoms with Crippen molar-refractivity contribution in [1.82, 2.24) is 0 Å². The van der Waals surface area contributed by atoms with Crippen LogP contribution in [0.25, 0.3) is 0 Å². The summed E-state index contributed by atoms with van der Waals surface area (Å²) in [6, 6.07) is 0. The molecule has 0 amide bonds. The molecule has 0 bridgehead atoms. The lowest BCUT2D eigenvalue weighted by Crippen LogP contribution is -1.89. The molecule has 0 atom stereocenters. The van der Waals surface area contributed by atoms with Crippen molar-refractivity contribution in [3.8, 4) is 0 Å². The maximum absolute atomic E-state index is 10.7. The molecule has 0 aromatic heterocycles. The summed E-state index contributed by atoms with van der Waals surface area (Å²) in [5, 5.41) is 0. The molecule has 0 aliphatic carbocycles. The predicted octanol–water partition coefficient (Wildman–Crippen LogP) is 5.91. The van der Waals surface area contributed by atoms with E-state index in [1.165, 1.54) is 64.2 Å². The van der Waals surface area contributed by atoms with Crippen molar-refractivity contribution in [2.45, 2.75) is 97.8 Å². The Bertz CT molecular complexity index is 184. The van der Waals surface area contributed by atoms with Crippen LogP contribution in [-0.2, 0) is 4.79 Å². The van der Waals surface area contributed by atoms with Gasteiger partial charge in [0.2, 0.25) is 0 Å². The molecular weight excluding hydrogens is 220 g/mol. The molecule has 0 aromatic carbocycles. The van der Waals surface area contributed by atoms with Crippen LogP contribution in [0.4, 0.5) is 0 Å². The SMILES string of the molecule is CC(=O)CCCCCCCCCCCCC(C)C. The summed E-state index contributed by atoms with van der Waals surface area (Å²) in [6.45, 7) is 6.32. The van der Waals surface area contributed by atoms with Gasteiger partial charge in [0.15, 0.2) is 0 Å². The third kappa shape index (κ3) is 15.7. The highest BCUT2D eigenvalue weighted by atomic mass is 16.1. The average molecular weight is 254 g/mol. The van der Waals surface area contributed by atoms with Gasteiger partial charge >= 0.3 is 0 Å². The fourth-order valence-electron chi connectivity index (χ4n) is 2.34. The highest BCUT2D eigenvalue weighted by Gasteiger charge is 1.96. The van der Waals surface area contributed by atoms with Crippen LogP contribution in [0.2, 0.25) is 0 Å². The second-order valence-corrected chi connectivity index (χ2v) is 6.17. The Morgan fingerprint density at radius 1 is 0.722 bits per heavy atom. The van der Waals surface area contributed by atoms with E-state index >= 15 is 0 Å². The number of carbonyl (C=O) groups excluding carboxylic acids is 1. The van der Waals surface area contributed by atoms with Gasteiger partial charge < -0.3 is 4.79 Å². The van der Waals surface area contributed by atoms with Crippen molar-refractivity contribution in [3.05, 3.63) is 0 Å². The van der Waals surface area contributed by atoms with Crippen LogP contribution in [0.3, 0.4) is 0 Å². The van der Waals surface area contributed by atoms with Gasteiger partial charge in [0, 0.05) is 6.42 Å². The molecule has 0 saturated carbocycles. The number of Topliss-reactive ketones (excluding diaryl/α,β-unsaturated/α-hetero) is 1. The number of hydrogen-bond acceptors (Lipinski definition) is 1.